The molecule has 0 aliphatic heterocycles. The number of alkyl halides is 3. The van der Waals surface area contributed by atoms with Crippen molar-refractivity contribution in [1.29, 1.82) is 0 Å². The number of nitrogens with zero attached hydrogens (tertiary/aromatic N) is 4. The molecule has 8 heteroatoms. The molecule has 0 atom stereocenters. The molecule has 0 aliphatic rings. The summed E-state index contributed by atoms with van der Waals surface area (Å²) < 4.78 is 39.9. The first kappa shape index (κ1) is 13.0. The summed E-state index contributed by atoms with van der Waals surface area (Å²) in [6.07, 6.45) is -1.84. The van der Waals surface area contributed by atoms with E-state index in [1.807, 2.05) is 0 Å². The van der Waals surface area contributed by atoms with Gasteiger partial charge in [0.1, 0.15) is 10.3 Å². The van der Waals surface area contributed by atoms with Gasteiger partial charge in [0.2, 0.25) is 0 Å². The molecule has 3 rings (SSSR count). The van der Waals surface area contributed by atoms with Crippen LogP contribution in [0.25, 0.3) is 16.7 Å². The van der Waals surface area contributed by atoms with Gasteiger partial charge in [-0.1, -0.05) is 0 Å². The van der Waals surface area contributed by atoms with Crippen LogP contribution in [0.15, 0.2) is 41.3 Å². The molecule has 0 fully saturated rings. The number of rotatable bonds is 1. The molecule has 0 saturated heterocycles. The Morgan fingerprint density at radius 1 is 1.10 bits per heavy atom. The number of pyridine rings is 2. The maximum atomic E-state index is 12.7. The highest BCUT2D eigenvalue weighted by molar-refractivity contribution is 9.10. The van der Waals surface area contributed by atoms with Crippen LogP contribution in [0.2, 0.25) is 0 Å². The van der Waals surface area contributed by atoms with Crippen molar-refractivity contribution in [2.45, 2.75) is 6.18 Å². The van der Waals surface area contributed by atoms with Crippen LogP contribution in [0.5, 0.6) is 0 Å². The van der Waals surface area contributed by atoms with Gasteiger partial charge < -0.3 is 0 Å². The van der Waals surface area contributed by atoms with E-state index in [-0.39, 0.29) is 5.69 Å². The summed E-state index contributed by atoms with van der Waals surface area (Å²) in [7, 11) is 0. The standard InChI is InChI=1S/C12H6BrF3N4/c13-10-8-2-1-4-18-11(8)20(19-10)7-3-5-17-9(6-7)12(14,15)16/h1-6H. The molecule has 0 amide bonds. The fourth-order valence-electron chi connectivity index (χ4n) is 1.80. The third kappa shape index (κ3) is 2.15. The van der Waals surface area contributed by atoms with Crippen molar-refractivity contribution in [2.24, 2.45) is 0 Å². The fourth-order valence-corrected chi connectivity index (χ4v) is 2.27. The summed E-state index contributed by atoms with van der Waals surface area (Å²) in [5, 5.41) is 4.88. The second-order valence-corrected chi connectivity index (χ2v) is 4.73. The van der Waals surface area contributed by atoms with Crippen LogP contribution >= 0.6 is 15.9 Å². The zero-order chi connectivity index (χ0) is 14.3. The zero-order valence-electron chi connectivity index (χ0n) is 9.76. The Kier molecular flexibility index (Phi) is 2.97. The highest BCUT2D eigenvalue weighted by atomic mass is 79.9. The highest BCUT2D eigenvalue weighted by Crippen LogP contribution is 2.30. The van der Waals surface area contributed by atoms with Crippen molar-refractivity contribution < 1.29 is 13.2 Å². The second kappa shape index (κ2) is 4.55. The molecular weight excluding hydrogens is 337 g/mol. The van der Waals surface area contributed by atoms with Crippen molar-refractivity contribution >= 4 is 27.0 Å². The molecule has 0 bridgehead atoms. The average Bonchev–Trinajstić information content (AvgIpc) is 2.76. The van der Waals surface area contributed by atoms with Gasteiger partial charge in [0, 0.05) is 12.4 Å². The second-order valence-electron chi connectivity index (χ2n) is 3.97. The fraction of sp³-hybridized carbons (Fsp3) is 0.0833. The largest absolute Gasteiger partial charge is 0.433 e. The van der Waals surface area contributed by atoms with E-state index >= 15 is 0 Å². The summed E-state index contributed by atoms with van der Waals surface area (Å²) in [5.41, 5.74) is -0.244. The zero-order valence-corrected chi connectivity index (χ0v) is 11.4. The number of fused-ring (bicyclic) bond motifs is 1. The summed E-state index contributed by atoms with van der Waals surface area (Å²) in [5.74, 6) is 0. The third-order valence-corrected chi connectivity index (χ3v) is 3.26. The molecule has 3 heterocycles. The van der Waals surface area contributed by atoms with E-state index in [1.54, 1.807) is 18.3 Å². The minimum Gasteiger partial charge on any atom is -0.252 e. The molecule has 0 unspecified atom stereocenters. The average molecular weight is 343 g/mol. The van der Waals surface area contributed by atoms with Crippen molar-refractivity contribution in [3.8, 4) is 5.69 Å². The molecule has 3 aromatic heterocycles. The first-order valence-electron chi connectivity index (χ1n) is 5.50. The van der Waals surface area contributed by atoms with E-state index in [0.29, 0.717) is 10.3 Å². The van der Waals surface area contributed by atoms with E-state index < -0.39 is 11.9 Å². The molecule has 0 aromatic carbocycles. The lowest BCUT2D eigenvalue weighted by Crippen LogP contribution is -2.09. The summed E-state index contributed by atoms with van der Waals surface area (Å²) in [6.45, 7) is 0. The van der Waals surface area contributed by atoms with Crippen molar-refractivity contribution in [3.63, 3.8) is 0 Å². The molecule has 0 N–H and O–H groups in total. The van der Waals surface area contributed by atoms with Crippen LogP contribution in [0.1, 0.15) is 5.69 Å². The van der Waals surface area contributed by atoms with E-state index in [4.69, 9.17) is 0 Å². The predicted octanol–water partition coefficient (Wildman–Crippen LogP) is 3.60. The Hall–Kier alpha value is -1.96. The molecule has 0 spiro atoms. The molecule has 0 saturated carbocycles. The summed E-state index contributed by atoms with van der Waals surface area (Å²) in [6, 6.07) is 5.89. The molecular formula is C12H6BrF3N4. The maximum absolute atomic E-state index is 12.7. The van der Waals surface area contributed by atoms with E-state index in [0.717, 1.165) is 17.6 Å². The summed E-state index contributed by atoms with van der Waals surface area (Å²) in [4.78, 5) is 7.46. The van der Waals surface area contributed by atoms with E-state index in [9.17, 15) is 13.2 Å². The Labute approximate surface area is 119 Å². The first-order chi connectivity index (χ1) is 9.47. The summed E-state index contributed by atoms with van der Waals surface area (Å²) >= 11 is 3.26. The predicted molar refractivity (Wildman–Crippen MR) is 69.4 cm³/mol. The highest BCUT2D eigenvalue weighted by Gasteiger charge is 2.32. The first-order valence-corrected chi connectivity index (χ1v) is 6.29. The molecule has 0 aliphatic carbocycles. The van der Waals surface area contributed by atoms with Crippen LogP contribution in [0, 0.1) is 0 Å². The molecule has 4 nitrogen and oxygen atoms in total. The normalized spacial score (nSPS) is 12.0. The molecule has 102 valence electrons. The van der Waals surface area contributed by atoms with E-state index in [1.165, 1.54) is 10.7 Å². The molecule has 20 heavy (non-hydrogen) atoms. The lowest BCUT2D eigenvalue weighted by molar-refractivity contribution is -0.141. The van der Waals surface area contributed by atoms with Gasteiger partial charge in [-0.05, 0) is 40.2 Å². The SMILES string of the molecule is FC(F)(F)c1cc(-n2nc(Br)c3cccnc32)ccn1. The minimum atomic E-state index is -4.50. The minimum absolute atomic E-state index is 0.252. The van der Waals surface area contributed by atoms with Crippen LogP contribution in [-0.2, 0) is 6.18 Å². The number of halogens is 4. The lowest BCUT2D eigenvalue weighted by Gasteiger charge is -2.07. The van der Waals surface area contributed by atoms with E-state index in [2.05, 4.69) is 31.0 Å². The van der Waals surface area contributed by atoms with Gasteiger partial charge in [0.15, 0.2) is 5.65 Å². The van der Waals surface area contributed by atoms with Gasteiger partial charge in [-0.2, -0.15) is 18.3 Å². The number of hydrogen-bond acceptors (Lipinski definition) is 3. The van der Waals surface area contributed by atoms with Crippen molar-refractivity contribution in [1.82, 2.24) is 19.7 Å². The van der Waals surface area contributed by atoms with Crippen molar-refractivity contribution in [3.05, 3.63) is 47.0 Å². The number of aromatic nitrogens is 4. The molecule has 3 aromatic rings. The van der Waals surface area contributed by atoms with Crippen LogP contribution in [-0.4, -0.2) is 19.7 Å². The quantitative estimate of drug-likeness (QED) is 0.678. The van der Waals surface area contributed by atoms with Gasteiger partial charge in [-0.25, -0.2) is 9.67 Å². The number of hydrogen-bond donors (Lipinski definition) is 0. The van der Waals surface area contributed by atoms with Crippen LogP contribution < -0.4 is 0 Å². The monoisotopic (exact) mass is 342 g/mol. The Bertz CT molecular complexity index is 782. The van der Waals surface area contributed by atoms with Gasteiger partial charge in [-0.3, -0.25) is 4.98 Å². The van der Waals surface area contributed by atoms with Crippen molar-refractivity contribution in [2.75, 3.05) is 0 Å². The van der Waals surface area contributed by atoms with Crippen LogP contribution in [0.3, 0.4) is 0 Å². The third-order valence-electron chi connectivity index (χ3n) is 2.68. The Morgan fingerprint density at radius 2 is 1.90 bits per heavy atom. The van der Waals surface area contributed by atoms with Crippen LogP contribution in [0.4, 0.5) is 13.2 Å². The van der Waals surface area contributed by atoms with Gasteiger partial charge in [0.05, 0.1) is 11.1 Å². The topological polar surface area (TPSA) is 43.6 Å². The maximum Gasteiger partial charge on any atom is 0.433 e. The van der Waals surface area contributed by atoms with Gasteiger partial charge in [-0.15, -0.1) is 0 Å². The van der Waals surface area contributed by atoms with Gasteiger partial charge >= 0.3 is 6.18 Å². The van der Waals surface area contributed by atoms with Gasteiger partial charge in [0.25, 0.3) is 0 Å². The Balaban J connectivity index is 2.21. The molecule has 0 radical (unpaired) electrons. The smallest absolute Gasteiger partial charge is 0.252 e. The Morgan fingerprint density at radius 3 is 2.65 bits per heavy atom. The lowest BCUT2D eigenvalue weighted by atomic mass is 10.3.